The first-order chi connectivity index (χ1) is 15.2. The Morgan fingerprint density at radius 3 is 2.26 bits per heavy atom. The lowest BCUT2D eigenvalue weighted by Gasteiger charge is -2.29. The van der Waals surface area contributed by atoms with E-state index in [0.717, 1.165) is 53.4 Å². The highest BCUT2D eigenvalue weighted by molar-refractivity contribution is 6.37. The fraction of sp³-hybridized carbons (Fsp3) is 0.360. The van der Waals surface area contributed by atoms with E-state index in [2.05, 4.69) is 10.3 Å². The van der Waals surface area contributed by atoms with Crippen LogP contribution in [-0.4, -0.2) is 28.0 Å². The predicted octanol–water partition coefficient (Wildman–Crippen LogP) is 7.28. The Morgan fingerprint density at radius 1 is 1.06 bits per heavy atom. The van der Waals surface area contributed by atoms with Crippen molar-refractivity contribution < 1.29 is 9.90 Å². The van der Waals surface area contributed by atoms with E-state index in [9.17, 15) is 9.90 Å². The first-order valence-corrected chi connectivity index (χ1v) is 11.7. The number of nitrogens with zero attached hydrogens (tertiary/aromatic N) is 1. The number of phenols is 1. The number of aromatic nitrogens is 1. The van der Waals surface area contributed by atoms with Gasteiger partial charge in [-0.1, -0.05) is 43.1 Å². The molecule has 4 N–H and O–H groups in total. The zero-order valence-electron chi connectivity index (χ0n) is 19.0. The van der Waals surface area contributed by atoms with Crippen LogP contribution in [0.5, 0.6) is 5.75 Å². The average molecular weight is 545 g/mol. The third kappa shape index (κ3) is 5.89. The van der Waals surface area contributed by atoms with Gasteiger partial charge in [0.2, 0.25) is 0 Å². The molecule has 5 nitrogen and oxygen atoms in total. The number of halogens is 4. The van der Waals surface area contributed by atoms with Gasteiger partial charge in [-0.3, -0.25) is 9.78 Å². The van der Waals surface area contributed by atoms with Crippen LogP contribution in [0.1, 0.15) is 49.9 Å². The molecule has 4 rings (SSSR count). The molecule has 0 aliphatic heterocycles. The summed E-state index contributed by atoms with van der Waals surface area (Å²) in [6.45, 7) is 3.79. The summed E-state index contributed by atoms with van der Waals surface area (Å²) in [6, 6.07) is 9.70. The number of nitrogens with two attached hydrogens (primary N) is 1. The normalized spacial score (nSPS) is 17.7. The van der Waals surface area contributed by atoms with Crippen LogP contribution in [0.2, 0.25) is 10.0 Å². The second-order valence-electron chi connectivity index (χ2n) is 8.84. The molecule has 9 heteroatoms. The molecule has 0 spiro atoms. The Morgan fingerprint density at radius 2 is 1.68 bits per heavy atom. The summed E-state index contributed by atoms with van der Waals surface area (Å²) in [7, 11) is 0. The number of fused-ring (bicyclic) bond motifs is 1. The lowest BCUT2D eigenvalue weighted by molar-refractivity contribution is 0.0940. The molecule has 0 radical (unpaired) electrons. The molecule has 0 unspecified atom stereocenters. The minimum Gasteiger partial charge on any atom is -0.505 e. The van der Waals surface area contributed by atoms with Crippen LogP contribution in [0.25, 0.3) is 22.0 Å². The van der Waals surface area contributed by atoms with Crippen LogP contribution >= 0.6 is 48.0 Å². The van der Waals surface area contributed by atoms with E-state index in [1.807, 2.05) is 32.0 Å². The minimum absolute atomic E-state index is 0. The van der Waals surface area contributed by atoms with Gasteiger partial charge in [-0.15, -0.1) is 24.8 Å². The fourth-order valence-corrected chi connectivity index (χ4v) is 4.71. The Hall–Kier alpha value is -1.76. The Labute approximate surface area is 222 Å². The minimum atomic E-state index is -0.146. The van der Waals surface area contributed by atoms with Crippen molar-refractivity contribution in [3.63, 3.8) is 0 Å². The van der Waals surface area contributed by atoms with Gasteiger partial charge < -0.3 is 16.2 Å². The van der Waals surface area contributed by atoms with Crippen molar-refractivity contribution in [1.82, 2.24) is 4.98 Å². The van der Waals surface area contributed by atoms with Gasteiger partial charge in [-0.2, -0.15) is 0 Å². The molecule has 184 valence electrons. The number of carbonyl (C=O) groups is 1. The number of phenolic OH excluding ortho intramolecular Hbond substituents is 1. The number of hydrogen-bond acceptors (Lipinski definition) is 5. The average Bonchev–Trinajstić information content (AvgIpc) is 2.78. The molecule has 3 aromatic rings. The zero-order chi connectivity index (χ0) is 23.0. The van der Waals surface area contributed by atoms with Gasteiger partial charge in [0.25, 0.3) is 0 Å². The Bertz CT molecular complexity index is 1160. The van der Waals surface area contributed by atoms with Gasteiger partial charge in [0.1, 0.15) is 0 Å². The van der Waals surface area contributed by atoms with E-state index in [1.54, 1.807) is 18.3 Å². The van der Waals surface area contributed by atoms with Crippen LogP contribution in [0.3, 0.4) is 0 Å². The highest BCUT2D eigenvalue weighted by Gasteiger charge is 2.23. The summed E-state index contributed by atoms with van der Waals surface area (Å²) in [5, 5.41) is 14.8. The second kappa shape index (κ2) is 11.8. The summed E-state index contributed by atoms with van der Waals surface area (Å²) >= 11 is 12.3. The molecule has 1 fully saturated rings. The molecule has 1 aliphatic carbocycles. The molecule has 0 bridgehead atoms. The van der Waals surface area contributed by atoms with Gasteiger partial charge in [-0.05, 0) is 61.1 Å². The van der Waals surface area contributed by atoms with Crippen molar-refractivity contribution in [1.29, 1.82) is 0 Å². The van der Waals surface area contributed by atoms with Gasteiger partial charge >= 0.3 is 0 Å². The van der Waals surface area contributed by atoms with Crippen LogP contribution in [0.4, 0.5) is 5.69 Å². The largest absolute Gasteiger partial charge is 0.505 e. The third-order valence-corrected chi connectivity index (χ3v) is 6.70. The van der Waals surface area contributed by atoms with E-state index in [1.165, 1.54) is 0 Å². The summed E-state index contributed by atoms with van der Waals surface area (Å²) < 4.78 is 0. The van der Waals surface area contributed by atoms with Crippen molar-refractivity contribution in [2.45, 2.75) is 51.6 Å². The maximum atomic E-state index is 13.0. The molecule has 0 amide bonds. The SMILES string of the molecule is CC(C)C(=O)c1cnc2ccc(-c3cc(Cl)c(O)c(Cl)c3)cc2c1N[C@H]1CC[C@H](N)CC1.Cl.Cl. The predicted molar refractivity (Wildman–Crippen MR) is 146 cm³/mol. The second-order valence-corrected chi connectivity index (χ2v) is 9.66. The van der Waals surface area contributed by atoms with E-state index in [-0.39, 0.29) is 64.4 Å². The van der Waals surface area contributed by atoms with Crippen molar-refractivity contribution in [2.24, 2.45) is 11.7 Å². The van der Waals surface area contributed by atoms with Gasteiger partial charge in [0, 0.05) is 29.6 Å². The monoisotopic (exact) mass is 543 g/mol. The highest BCUT2D eigenvalue weighted by atomic mass is 35.5. The first-order valence-electron chi connectivity index (χ1n) is 10.9. The zero-order valence-corrected chi connectivity index (χ0v) is 22.1. The maximum Gasteiger partial charge on any atom is 0.169 e. The van der Waals surface area contributed by atoms with Crippen molar-refractivity contribution in [3.05, 3.63) is 52.1 Å². The molecule has 2 aromatic carbocycles. The molecule has 0 atom stereocenters. The number of Topliss-reactive ketones (excluding diaryl/α,β-unsaturated/α-hetero) is 1. The number of anilines is 1. The van der Waals surface area contributed by atoms with Gasteiger partial charge in [-0.25, -0.2) is 0 Å². The quantitative estimate of drug-likeness (QED) is 0.294. The molecule has 1 aromatic heterocycles. The number of benzene rings is 2. The molecule has 34 heavy (non-hydrogen) atoms. The maximum absolute atomic E-state index is 13.0. The number of aromatic hydroxyl groups is 1. The highest BCUT2D eigenvalue weighted by Crippen LogP contribution is 2.38. The fourth-order valence-electron chi connectivity index (χ4n) is 4.23. The molecule has 1 aliphatic rings. The lowest BCUT2D eigenvalue weighted by atomic mass is 9.90. The Balaban J connectivity index is 0.00000204. The molecular formula is C25H29Cl4N3O2. The topological polar surface area (TPSA) is 88.2 Å². The van der Waals surface area contributed by atoms with Crippen LogP contribution in [0.15, 0.2) is 36.5 Å². The van der Waals surface area contributed by atoms with Crippen LogP contribution in [0, 0.1) is 5.92 Å². The van der Waals surface area contributed by atoms with Crippen LogP contribution in [-0.2, 0) is 0 Å². The van der Waals surface area contributed by atoms with Crippen LogP contribution < -0.4 is 11.1 Å². The number of ketones is 1. The molecule has 1 saturated carbocycles. The summed E-state index contributed by atoms with van der Waals surface area (Å²) in [5.74, 6) is -0.231. The Kier molecular flexibility index (Phi) is 9.87. The molecule has 1 heterocycles. The van der Waals surface area contributed by atoms with Crippen molar-refractivity contribution >= 4 is 70.4 Å². The molecular weight excluding hydrogens is 516 g/mol. The number of nitrogens with one attached hydrogen (secondary N) is 1. The first kappa shape index (κ1) is 28.5. The standard InChI is InChI=1S/C25H27Cl2N3O2.2ClH/c1-13(2)24(31)19-12-29-22-8-3-14(15-10-20(26)25(32)21(27)11-15)9-18(22)23(19)30-17-6-4-16(28)5-7-17;;/h3,8-13,16-17,32H,4-7,28H2,1-2H3,(H,29,30);2*1H/t16-,17-;;. The van der Waals surface area contributed by atoms with E-state index >= 15 is 0 Å². The van der Waals surface area contributed by atoms with E-state index < -0.39 is 0 Å². The van der Waals surface area contributed by atoms with Gasteiger partial charge in [0.15, 0.2) is 11.5 Å². The summed E-state index contributed by atoms with van der Waals surface area (Å²) in [5.41, 5.74) is 9.93. The third-order valence-electron chi connectivity index (χ3n) is 6.13. The number of rotatable bonds is 5. The van der Waals surface area contributed by atoms with Gasteiger partial charge in [0.05, 0.1) is 26.8 Å². The van der Waals surface area contributed by atoms with Crippen molar-refractivity contribution in [2.75, 3.05) is 5.32 Å². The summed E-state index contributed by atoms with van der Waals surface area (Å²) in [4.78, 5) is 17.6. The lowest BCUT2D eigenvalue weighted by Crippen LogP contribution is -2.33. The van der Waals surface area contributed by atoms with Crippen molar-refractivity contribution in [3.8, 4) is 16.9 Å². The number of pyridine rings is 1. The van der Waals surface area contributed by atoms with E-state index in [4.69, 9.17) is 28.9 Å². The number of carbonyl (C=O) groups excluding carboxylic acids is 1. The summed E-state index contributed by atoms with van der Waals surface area (Å²) in [6.07, 6.45) is 5.52. The molecule has 0 saturated heterocycles. The van der Waals surface area contributed by atoms with E-state index in [0.29, 0.717) is 5.56 Å². The smallest absolute Gasteiger partial charge is 0.169 e. The number of hydrogen-bond donors (Lipinski definition) is 3.